The molecule has 4 heteroatoms. The predicted molar refractivity (Wildman–Crippen MR) is 53.3 cm³/mol. The first-order chi connectivity index (χ1) is 6.68. The highest BCUT2D eigenvalue weighted by atomic mass is 16.5. The first-order valence-electron chi connectivity index (χ1n) is 4.92. The van der Waals surface area contributed by atoms with E-state index >= 15 is 0 Å². The van der Waals surface area contributed by atoms with E-state index in [2.05, 4.69) is 10.1 Å². The first-order valence-corrected chi connectivity index (χ1v) is 4.92. The molecule has 2 rings (SSSR count). The lowest BCUT2D eigenvalue weighted by Crippen LogP contribution is -2.23. The van der Waals surface area contributed by atoms with Gasteiger partial charge < -0.3 is 9.42 Å². The van der Waals surface area contributed by atoms with Gasteiger partial charge in [0.2, 0.25) is 0 Å². The van der Waals surface area contributed by atoms with E-state index in [9.17, 15) is 0 Å². The molecule has 1 aliphatic rings. The second kappa shape index (κ2) is 3.44. The Kier molecular flexibility index (Phi) is 2.27. The summed E-state index contributed by atoms with van der Waals surface area (Å²) >= 11 is 0. The number of hydrogen-bond donors (Lipinski definition) is 1. The minimum atomic E-state index is 0.741. The van der Waals surface area contributed by atoms with Crippen molar-refractivity contribution in [3.63, 3.8) is 0 Å². The highest BCUT2D eigenvalue weighted by Crippen LogP contribution is 2.19. The molecule has 4 nitrogen and oxygen atoms in total. The molecular formula is C10H15N3O. The lowest BCUT2D eigenvalue weighted by molar-refractivity contribution is 0.387. The number of hydrogen-bond acceptors (Lipinski definition) is 3. The van der Waals surface area contributed by atoms with Gasteiger partial charge in [-0.25, -0.2) is 0 Å². The number of aromatic nitrogens is 1. The topological polar surface area (TPSA) is 53.1 Å². The molecule has 0 radical (unpaired) electrons. The molecule has 2 heterocycles. The third kappa shape index (κ3) is 1.52. The molecule has 0 amide bonds. The van der Waals surface area contributed by atoms with E-state index in [-0.39, 0.29) is 0 Å². The van der Waals surface area contributed by atoms with Crippen molar-refractivity contribution >= 4 is 5.84 Å². The molecule has 0 bridgehead atoms. The van der Waals surface area contributed by atoms with Crippen LogP contribution in [0.25, 0.3) is 0 Å². The largest absolute Gasteiger partial charge is 0.361 e. The van der Waals surface area contributed by atoms with E-state index in [4.69, 9.17) is 9.93 Å². The summed E-state index contributed by atoms with van der Waals surface area (Å²) in [4.78, 5) is 2.09. The number of rotatable bonds is 2. The molecule has 14 heavy (non-hydrogen) atoms. The summed E-state index contributed by atoms with van der Waals surface area (Å²) in [6.07, 6.45) is 2.01. The lowest BCUT2D eigenvalue weighted by atomic mass is 10.2. The van der Waals surface area contributed by atoms with Crippen molar-refractivity contribution < 1.29 is 4.52 Å². The van der Waals surface area contributed by atoms with Crippen molar-refractivity contribution in [2.45, 2.75) is 33.2 Å². The molecule has 1 aromatic heterocycles. The fraction of sp³-hybridized carbons (Fsp3) is 0.600. The number of likely N-dealkylation sites (tertiary alicyclic amines) is 1. The predicted octanol–water partition coefficient (Wildman–Crippen LogP) is 1.86. The number of amidine groups is 1. The zero-order valence-corrected chi connectivity index (χ0v) is 8.63. The van der Waals surface area contributed by atoms with Crippen LogP contribution in [-0.4, -0.2) is 22.4 Å². The van der Waals surface area contributed by atoms with Gasteiger partial charge in [0.05, 0.1) is 11.5 Å². The molecule has 1 fully saturated rings. The second-order valence-electron chi connectivity index (χ2n) is 3.77. The van der Waals surface area contributed by atoms with Crippen LogP contribution < -0.4 is 0 Å². The van der Waals surface area contributed by atoms with Gasteiger partial charge in [0.15, 0.2) is 0 Å². The summed E-state index contributed by atoms with van der Waals surface area (Å²) in [6, 6.07) is 0. The average molecular weight is 193 g/mol. The molecule has 1 saturated heterocycles. The van der Waals surface area contributed by atoms with Gasteiger partial charge in [-0.2, -0.15) is 0 Å². The summed E-state index contributed by atoms with van der Waals surface area (Å²) in [5.74, 6) is 1.62. The Labute approximate surface area is 83.4 Å². The van der Waals surface area contributed by atoms with Crippen LogP contribution in [0.2, 0.25) is 0 Å². The van der Waals surface area contributed by atoms with Crippen LogP contribution in [-0.2, 0) is 6.54 Å². The van der Waals surface area contributed by atoms with Crippen molar-refractivity contribution in [2.24, 2.45) is 0 Å². The quantitative estimate of drug-likeness (QED) is 0.780. The fourth-order valence-corrected chi connectivity index (χ4v) is 1.82. The van der Waals surface area contributed by atoms with Crippen LogP contribution in [0, 0.1) is 19.3 Å². The number of nitrogens with zero attached hydrogens (tertiary/aromatic N) is 2. The zero-order chi connectivity index (χ0) is 10.1. The maximum atomic E-state index is 7.72. The van der Waals surface area contributed by atoms with Gasteiger partial charge in [0.25, 0.3) is 0 Å². The van der Waals surface area contributed by atoms with Crippen LogP contribution in [0.1, 0.15) is 29.9 Å². The van der Waals surface area contributed by atoms with Crippen molar-refractivity contribution in [1.29, 1.82) is 5.41 Å². The van der Waals surface area contributed by atoms with E-state index in [0.29, 0.717) is 0 Å². The van der Waals surface area contributed by atoms with Gasteiger partial charge >= 0.3 is 0 Å². The molecular weight excluding hydrogens is 178 g/mol. The van der Waals surface area contributed by atoms with Crippen LogP contribution >= 0.6 is 0 Å². The van der Waals surface area contributed by atoms with Gasteiger partial charge in [-0.3, -0.25) is 5.41 Å². The normalized spacial score (nSPS) is 16.7. The maximum absolute atomic E-state index is 7.72. The SMILES string of the molecule is Cc1noc(C)c1CN1CCCC1=N. The number of nitrogens with one attached hydrogen (secondary N) is 1. The van der Waals surface area contributed by atoms with Gasteiger partial charge in [0, 0.05) is 25.1 Å². The van der Waals surface area contributed by atoms with E-state index in [1.807, 2.05) is 13.8 Å². The van der Waals surface area contributed by atoms with Gasteiger partial charge in [0.1, 0.15) is 5.76 Å². The van der Waals surface area contributed by atoms with Crippen molar-refractivity contribution in [2.75, 3.05) is 6.54 Å². The third-order valence-corrected chi connectivity index (χ3v) is 2.75. The molecule has 0 aliphatic carbocycles. The average Bonchev–Trinajstić information content (AvgIpc) is 2.67. The van der Waals surface area contributed by atoms with Crippen molar-refractivity contribution in [1.82, 2.24) is 10.1 Å². The van der Waals surface area contributed by atoms with Crippen LogP contribution in [0.5, 0.6) is 0 Å². The minimum Gasteiger partial charge on any atom is -0.361 e. The van der Waals surface area contributed by atoms with Gasteiger partial charge in [-0.1, -0.05) is 5.16 Å². The summed E-state index contributed by atoms with van der Waals surface area (Å²) in [6.45, 7) is 5.64. The highest BCUT2D eigenvalue weighted by molar-refractivity contribution is 5.80. The summed E-state index contributed by atoms with van der Waals surface area (Å²) in [5.41, 5.74) is 2.08. The van der Waals surface area contributed by atoms with Gasteiger partial charge in [-0.05, 0) is 20.3 Å². The Morgan fingerprint density at radius 1 is 1.50 bits per heavy atom. The molecule has 0 atom stereocenters. The monoisotopic (exact) mass is 193 g/mol. The molecule has 0 spiro atoms. The van der Waals surface area contributed by atoms with Crippen LogP contribution in [0.4, 0.5) is 0 Å². The standard InChI is InChI=1S/C10H15N3O/c1-7-9(8(2)14-12-7)6-13-5-3-4-10(13)11/h11H,3-6H2,1-2H3. The van der Waals surface area contributed by atoms with E-state index < -0.39 is 0 Å². The Morgan fingerprint density at radius 2 is 2.29 bits per heavy atom. The number of aryl methyl sites for hydroxylation is 2. The molecule has 1 N–H and O–H groups in total. The van der Waals surface area contributed by atoms with Gasteiger partial charge in [-0.15, -0.1) is 0 Å². The smallest absolute Gasteiger partial charge is 0.138 e. The van der Waals surface area contributed by atoms with Crippen molar-refractivity contribution in [3.8, 4) is 0 Å². The third-order valence-electron chi connectivity index (χ3n) is 2.75. The summed E-state index contributed by atoms with van der Waals surface area (Å²) in [5, 5.41) is 11.6. The lowest BCUT2D eigenvalue weighted by Gasteiger charge is -2.16. The highest BCUT2D eigenvalue weighted by Gasteiger charge is 2.20. The summed E-state index contributed by atoms with van der Waals surface area (Å²) < 4.78 is 5.09. The minimum absolute atomic E-state index is 0.741. The van der Waals surface area contributed by atoms with E-state index in [1.54, 1.807) is 0 Å². The molecule has 0 aromatic carbocycles. The zero-order valence-electron chi connectivity index (χ0n) is 8.63. The molecule has 1 aromatic rings. The van der Waals surface area contributed by atoms with Crippen LogP contribution in [0.3, 0.4) is 0 Å². The Morgan fingerprint density at radius 3 is 2.79 bits per heavy atom. The molecule has 1 aliphatic heterocycles. The maximum Gasteiger partial charge on any atom is 0.138 e. The summed E-state index contributed by atoms with van der Waals surface area (Å²) in [7, 11) is 0. The molecule has 76 valence electrons. The first kappa shape index (κ1) is 9.24. The van der Waals surface area contributed by atoms with Crippen LogP contribution in [0.15, 0.2) is 4.52 Å². The molecule has 0 saturated carbocycles. The fourth-order valence-electron chi connectivity index (χ4n) is 1.82. The van der Waals surface area contributed by atoms with E-state index in [1.165, 1.54) is 0 Å². The Hall–Kier alpha value is -1.32. The van der Waals surface area contributed by atoms with Crippen molar-refractivity contribution in [3.05, 3.63) is 17.0 Å². The molecule has 0 unspecified atom stereocenters. The Balaban J connectivity index is 2.14. The Bertz CT molecular complexity index is 337. The van der Waals surface area contributed by atoms with E-state index in [0.717, 1.165) is 48.8 Å². The second-order valence-corrected chi connectivity index (χ2v) is 3.77.